The van der Waals surface area contributed by atoms with Crippen LogP contribution in [0.2, 0.25) is 51.4 Å². The number of halogens is 1. The second kappa shape index (κ2) is 20.2. The molecule has 4 aliphatic heterocycles. The Bertz CT molecular complexity index is 3480. The number of pyridine rings is 4. The lowest BCUT2D eigenvalue weighted by Gasteiger charge is -2.31. The van der Waals surface area contributed by atoms with Gasteiger partial charge in [-0.05, 0) is 85.3 Å². The van der Waals surface area contributed by atoms with Gasteiger partial charge in [-0.3, -0.25) is 14.4 Å². The van der Waals surface area contributed by atoms with E-state index >= 15 is 0 Å². The third-order valence-corrected chi connectivity index (χ3v) is 18.0. The molecule has 4 aromatic heterocycles. The third-order valence-electron chi connectivity index (χ3n) is 14.2. The number of alkyl halides is 1. The number of nitriles is 1. The SMILES string of the molecule is CC[C@@]1(O)C(=O)OCc2c1cc1n(c2=O)Cc2c-1nc1ccc(O)cc1c2CC[Si](C)(C)C.N#CCI.[C-]#[N+]COc1ccc2nc3c(c(CC[Si](C)(C)C)c2c1)Cn1c-3cc2c(c1=O)COC(=O)[C@]2(O)CC. The number of fused-ring (bicyclic) bond motifs is 10. The zero-order valence-electron chi connectivity index (χ0n) is 42.4. The summed E-state index contributed by atoms with van der Waals surface area (Å²) in [5, 5.41) is 41.8. The molecule has 2 aromatic carbocycles. The summed E-state index contributed by atoms with van der Waals surface area (Å²) in [5.74, 6) is -0.654. The van der Waals surface area contributed by atoms with Crippen LogP contribution in [0.25, 0.3) is 49.4 Å². The van der Waals surface area contributed by atoms with Gasteiger partial charge >= 0.3 is 18.7 Å². The van der Waals surface area contributed by atoms with Crippen molar-refractivity contribution in [3.63, 3.8) is 0 Å². The summed E-state index contributed by atoms with van der Waals surface area (Å²) < 4.78 is 19.9. The average Bonchev–Trinajstić information content (AvgIpc) is 3.92. The van der Waals surface area contributed by atoms with E-state index in [1.807, 2.05) is 40.8 Å². The second-order valence-corrected chi connectivity index (χ2v) is 33.3. The van der Waals surface area contributed by atoms with Crippen molar-refractivity contribution in [2.45, 2.75) is 128 Å². The van der Waals surface area contributed by atoms with Crippen molar-refractivity contribution in [2.24, 2.45) is 0 Å². The number of nitrogens with zero attached hydrogens (tertiary/aromatic N) is 6. The van der Waals surface area contributed by atoms with E-state index in [0.29, 0.717) is 68.3 Å². The number of aromatic hydroxyl groups is 1. The van der Waals surface area contributed by atoms with E-state index < -0.39 is 39.3 Å². The zero-order valence-corrected chi connectivity index (χ0v) is 46.5. The highest BCUT2D eigenvalue weighted by atomic mass is 127. The summed E-state index contributed by atoms with van der Waals surface area (Å²) in [7, 11) is -2.74. The molecule has 0 spiro atoms. The van der Waals surface area contributed by atoms with E-state index in [0.717, 1.165) is 69.0 Å². The minimum absolute atomic E-state index is 0.0539. The molecule has 19 heteroatoms. The number of aromatic nitrogens is 4. The molecule has 8 heterocycles. The van der Waals surface area contributed by atoms with Crippen molar-refractivity contribution in [1.82, 2.24) is 19.1 Å². The van der Waals surface area contributed by atoms with Gasteiger partial charge in [-0.1, -0.05) is 87.8 Å². The maximum atomic E-state index is 13.6. The smallest absolute Gasteiger partial charge is 0.357 e. The number of phenols is 1. The van der Waals surface area contributed by atoms with Crippen LogP contribution in [0.4, 0.5) is 0 Å². The summed E-state index contributed by atoms with van der Waals surface area (Å²) in [5.41, 5.74) is 5.41. The summed E-state index contributed by atoms with van der Waals surface area (Å²) in [6.07, 6.45) is 1.89. The van der Waals surface area contributed by atoms with Crippen molar-refractivity contribution in [2.75, 3.05) is 11.2 Å². The number of rotatable bonds is 10. The molecule has 10 rings (SSSR count). The number of carbonyl (C=O) groups is 2. The van der Waals surface area contributed by atoms with E-state index in [1.165, 1.54) is 0 Å². The Labute approximate surface area is 438 Å². The van der Waals surface area contributed by atoms with Crippen molar-refractivity contribution >= 4 is 72.5 Å². The summed E-state index contributed by atoms with van der Waals surface area (Å²) in [6, 6.07) is 18.3. The van der Waals surface area contributed by atoms with Crippen LogP contribution in [0.15, 0.2) is 58.1 Å². The summed E-state index contributed by atoms with van der Waals surface area (Å²) >= 11 is 1.99. The van der Waals surface area contributed by atoms with Crippen LogP contribution in [-0.2, 0) is 69.4 Å². The van der Waals surface area contributed by atoms with Crippen LogP contribution in [0.1, 0.15) is 71.2 Å². The van der Waals surface area contributed by atoms with Crippen LogP contribution >= 0.6 is 22.6 Å². The number of hydrogen-bond acceptors (Lipinski definition) is 13. The lowest BCUT2D eigenvalue weighted by molar-refractivity contribution is -0.172. The fourth-order valence-electron chi connectivity index (χ4n) is 10.1. The fourth-order valence-corrected chi connectivity index (χ4v) is 12.1. The Morgan fingerprint density at radius 3 is 1.59 bits per heavy atom. The second-order valence-electron chi connectivity index (χ2n) is 21.3. The van der Waals surface area contributed by atoms with Gasteiger partial charge in [0, 0.05) is 49.2 Å². The predicted molar refractivity (Wildman–Crippen MR) is 291 cm³/mol. The molecule has 0 unspecified atom stereocenters. The van der Waals surface area contributed by atoms with Gasteiger partial charge in [0.2, 0.25) is 0 Å². The Balaban J connectivity index is 0.000000182. The average molecular weight is 1140 g/mol. The van der Waals surface area contributed by atoms with E-state index in [2.05, 4.69) is 44.1 Å². The van der Waals surface area contributed by atoms with Gasteiger partial charge in [0.15, 0.2) is 11.2 Å². The van der Waals surface area contributed by atoms with E-state index in [9.17, 15) is 34.5 Å². The molecular formula is C54H59IN6O10Si2. The van der Waals surface area contributed by atoms with Crippen molar-refractivity contribution in [3.8, 4) is 40.3 Å². The number of benzene rings is 2. The zero-order chi connectivity index (χ0) is 52.9. The summed E-state index contributed by atoms with van der Waals surface area (Å²) in [6.45, 7) is 24.8. The normalized spacial score (nSPS) is 18.0. The Kier molecular flexibility index (Phi) is 14.7. The molecule has 0 bridgehead atoms. The number of phenolic OH excluding ortho intramolecular Hbond substituents is 1. The van der Waals surface area contributed by atoms with Gasteiger partial charge in [0.1, 0.15) is 24.7 Å². The standard InChI is InChI=1S/C27H29N3O5Si.C25H28N2O5Si.C2H2IN/c1-6-27(33)21-12-23-24-19(13-30(23)25(31)20(21)14-34-26(27)32)17(9-10-36(3,4)5)18-11-16(35-15-28-2)7-8-22(18)29-24;1-5-25(31)19-11-21-22-17(12-27(21)23(29)18(19)13-32-24(25)30)15(8-9-33(2,3)4)16-10-14(28)6-7-20(16)26-22;3-1-2-4/h7-8,11-12,33H,6,9-10,13-15H2,1,3-5H3;6-7,10-11,28,31H,5,8-9,12-13H2,1-4H3;1H2/t27-;25-;/m00./s1. The lowest BCUT2D eigenvalue weighted by atomic mass is 9.86. The number of carbonyl (C=O) groups excluding carboxylic acids is 2. The first-order chi connectivity index (χ1) is 34.5. The maximum Gasteiger partial charge on any atom is 0.357 e. The maximum absolute atomic E-state index is 13.6. The third kappa shape index (κ3) is 9.85. The molecule has 6 aromatic rings. The molecule has 380 valence electrons. The number of cyclic esters (lactones) is 2. The fraction of sp³-hybridized carbons (Fsp3) is 0.407. The predicted octanol–water partition coefficient (Wildman–Crippen LogP) is 8.83. The van der Waals surface area contributed by atoms with Gasteiger partial charge in [-0.2, -0.15) is 5.26 Å². The highest BCUT2D eigenvalue weighted by molar-refractivity contribution is 14.1. The van der Waals surface area contributed by atoms with Crippen LogP contribution in [0.5, 0.6) is 11.5 Å². The highest BCUT2D eigenvalue weighted by Crippen LogP contribution is 2.43. The van der Waals surface area contributed by atoms with Crippen molar-refractivity contribution < 1.29 is 39.1 Å². The summed E-state index contributed by atoms with van der Waals surface area (Å²) in [4.78, 5) is 65.0. The van der Waals surface area contributed by atoms with Gasteiger partial charge < -0.3 is 38.7 Å². The minimum Gasteiger partial charge on any atom is -0.508 e. The molecular weight excluding hydrogens is 1080 g/mol. The number of ether oxygens (including phenoxy) is 3. The van der Waals surface area contributed by atoms with Crippen molar-refractivity contribution in [3.05, 3.63) is 125 Å². The molecule has 2 atom stereocenters. The molecule has 3 N–H and O–H groups in total. The van der Waals surface area contributed by atoms with Crippen molar-refractivity contribution in [1.29, 1.82) is 5.26 Å². The van der Waals surface area contributed by atoms with Gasteiger partial charge in [0.25, 0.3) is 11.1 Å². The quantitative estimate of drug-likeness (QED) is 0.0384. The topological polar surface area (TPSA) is 220 Å². The van der Waals surface area contributed by atoms with Crippen LogP contribution in [-0.4, -0.2) is 73.7 Å². The largest absolute Gasteiger partial charge is 0.508 e. The molecule has 73 heavy (non-hydrogen) atoms. The lowest BCUT2D eigenvalue weighted by Crippen LogP contribution is -2.44. The first-order valence-electron chi connectivity index (χ1n) is 24.4. The van der Waals surface area contributed by atoms with Crippen LogP contribution in [0.3, 0.4) is 0 Å². The van der Waals surface area contributed by atoms with Gasteiger partial charge in [-0.25, -0.2) is 26.1 Å². The van der Waals surface area contributed by atoms with E-state index in [-0.39, 0.29) is 49.7 Å². The van der Waals surface area contributed by atoms with Gasteiger partial charge in [0.05, 0.1) is 68.5 Å². The molecule has 0 saturated carbocycles. The first kappa shape index (κ1) is 53.1. The molecule has 4 aliphatic rings. The minimum atomic E-state index is -1.85. The highest BCUT2D eigenvalue weighted by Gasteiger charge is 2.47. The molecule has 16 nitrogen and oxygen atoms in total. The first-order valence-corrected chi connectivity index (χ1v) is 33.3. The molecule has 0 fully saturated rings. The van der Waals surface area contributed by atoms with Crippen LogP contribution in [0, 0.1) is 17.9 Å². The molecule has 0 aliphatic carbocycles. The Morgan fingerprint density at radius 2 is 1.18 bits per heavy atom. The van der Waals surface area contributed by atoms with Gasteiger partial charge in [-0.15, -0.1) is 0 Å². The number of hydrogen-bond donors (Lipinski definition) is 3. The number of aliphatic hydroxyl groups is 2. The number of esters is 2. The monoisotopic (exact) mass is 1130 g/mol. The Morgan fingerprint density at radius 1 is 0.740 bits per heavy atom. The van der Waals surface area contributed by atoms with Crippen LogP contribution < -0.4 is 15.9 Å². The number of aryl methyl sites for hydroxylation is 2. The van der Waals surface area contributed by atoms with E-state index in [1.54, 1.807) is 59.4 Å². The van der Waals surface area contributed by atoms with E-state index in [4.69, 9.17) is 36.0 Å². The molecule has 0 radical (unpaired) electrons. The molecule has 0 amide bonds. The Hall–Kier alpha value is -6.24. The molecule has 0 saturated heterocycles.